The van der Waals surface area contributed by atoms with Crippen LogP contribution in [0.3, 0.4) is 0 Å². The average Bonchev–Trinajstić information content (AvgIpc) is 2.58. The highest BCUT2D eigenvalue weighted by molar-refractivity contribution is 5.61. The first kappa shape index (κ1) is 16.2. The Bertz CT molecular complexity index is 804. The zero-order valence-corrected chi connectivity index (χ0v) is 12.7. The van der Waals surface area contributed by atoms with E-state index in [9.17, 15) is 9.59 Å². The fourth-order valence-corrected chi connectivity index (χ4v) is 2.18. The van der Waals surface area contributed by atoms with Crippen molar-refractivity contribution in [1.82, 2.24) is 0 Å². The second-order valence-corrected chi connectivity index (χ2v) is 4.58. The van der Waals surface area contributed by atoms with Crippen molar-refractivity contribution in [3.05, 3.63) is 47.5 Å². The van der Waals surface area contributed by atoms with E-state index in [4.69, 9.17) is 9.47 Å². The summed E-state index contributed by atoms with van der Waals surface area (Å²) in [6, 6.07) is 10.5. The number of methoxy groups -OCH3 is 2. The van der Waals surface area contributed by atoms with Gasteiger partial charge in [0.2, 0.25) is 12.2 Å². The van der Waals surface area contributed by atoms with Crippen molar-refractivity contribution < 1.29 is 19.1 Å². The fraction of sp³-hybridized carbons (Fsp3) is 0.176. The molecule has 0 radical (unpaired) electrons. The molecule has 0 atom stereocenters. The van der Waals surface area contributed by atoms with Crippen molar-refractivity contribution in [2.24, 2.45) is 9.98 Å². The molecule has 0 aromatic heterocycles. The molecule has 0 aliphatic rings. The maximum atomic E-state index is 10.6. The van der Waals surface area contributed by atoms with Crippen molar-refractivity contribution in [2.45, 2.75) is 6.42 Å². The monoisotopic (exact) mass is 310 g/mol. The Kier molecular flexibility index (Phi) is 5.42. The topological polar surface area (TPSA) is 77.3 Å². The molecule has 2 aromatic carbocycles. The van der Waals surface area contributed by atoms with Crippen LogP contribution in [0.2, 0.25) is 0 Å². The summed E-state index contributed by atoms with van der Waals surface area (Å²) in [6.45, 7) is 0. The first-order valence-corrected chi connectivity index (χ1v) is 6.71. The summed E-state index contributed by atoms with van der Waals surface area (Å²) in [5, 5.41) is 0. The highest BCUT2D eigenvalue weighted by Gasteiger charge is 2.08. The van der Waals surface area contributed by atoms with Crippen molar-refractivity contribution in [3.8, 4) is 11.5 Å². The van der Waals surface area contributed by atoms with Crippen LogP contribution >= 0.6 is 0 Å². The first-order valence-electron chi connectivity index (χ1n) is 6.71. The second-order valence-electron chi connectivity index (χ2n) is 4.58. The summed E-state index contributed by atoms with van der Waals surface area (Å²) in [5.74, 6) is 1.13. The Balaban J connectivity index is 2.41. The number of nitrogens with zero attached hydrogens (tertiary/aromatic N) is 2. The van der Waals surface area contributed by atoms with Gasteiger partial charge in [-0.25, -0.2) is 9.59 Å². The van der Waals surface area contributed by atoms with Crippen LogP contribution in [-0.4, -0.2) is 26.4 Å². The molecule has 0 aliphatic carbocycles. The third-order valence-corrected chi connectivity index (χ3v) is 3.26. The quantitative estimate of drug-likeness (QED) is 0.606. The van der Waals surface area contributed by atoms with E-state index in [-0.39, 0.29) is 0 Å². The minimum atomic E-state index is 0.406. The Morgan fingerprint density at radius 1 is 0.913 bits per heavy atom. The number of aliphatic imine (C=N–C) groups is 2. The predicted octanol–water partition coefficient (Wildman–Crippen LogP) is 3.23. The van der Waals surface area contributed by atoms with E-state index in [0.717, 1.165) is 11.1 Å². The summed E-state index contributed by atoms with van der Waals surface area (Å²) in [4.78, 5) is 28.2. The summed E-state index contributed by atoms with van der Waals surface area (Å²) < 4.78 is 10.4. The van der Waals surface area contributed by atoms with Crippen LogP contribution in [0.15, 0.2) is 46.4 Å². The molecule has 0 bridgehead atoms. The number of benzene rings is 2. The van der Waals surface area contributed by atoms with Crippen LogP contribution < -0.4 is 9.47 Å². The van der Waals surface area contributed by atoms with Crippen molar-refractivity contribution >= 4 is 23.5 Å². The van der Waals surface area contributed by atoms with E-state index >= 15 is 0 Å². The zero-order chi connectivity index (χ0) is 16.7. The van der Waals surface area contributed by atoms with Crippen molar-refractivity contribution in [3.63, 3.8) is 0 Å². The third kappa shape index (κ3) is 3.92. The smallest absolute Gasteiger partial charge is 0.240 e. The molecule has 2 rings (SSSR count). The van der Waals surface area contributed by atoms with Gasteiger partial charge in [0.05, 0.1) is 19.9 Å². The van der Waals surface area contributed by atoms with Crippen molar-refractivity contribution in [2.75, 3.05) is 14.2 Å². The van der Waals surface area contributed by atoms with Gasteiger partial charge < -0.3 is 9.47 Å². The second kappa shape index (κ2) is 7.71. The number of ether oxygens (including phenoxy) is 2. The number of hydrogen-bond acceptors (Lipinski definition) is 6. The lowest BCUT2D eigenvalue weighted by Crippen LogP contribution is -1.93. The van der Waals surface area contributed by atoms with Crippen LogP contribution in [0, 0.1) is 0 Å². The van der Waals surface area contributed by atoms with Gasteiger partial charge in [-0.15, -0.1) is 0 Å². The number of hydrogen-bond donors (Lipinski definition) is 0. The standard InChI is InChI=1S/C17H14N2O4/c1-22-14-4-6-15(18-10-20)13(9-14)7-12-3-5-16(19-11-21)17(8-12)23-2/h3-6,8-9H,7H2,1-2H3. The largest absolute Gasteiger partial charge is 0.497 e. The molecule has 6 heteroatoms. The molecule has 0 saturated heterocycles. The maximum absolute atomic E-state index is 10.6. The lowest BCUT2D eigenvalue weighted by molar-refractivity contribution is 0.414. The van der Waals surface area contributed by atoms with Gasteiger partial charge in [-0.1, -0.05) is 6.07 Å². The molecule has 0 amide bonds. The van der Waals surface area contributed by atoms with Gasteiger partial charge in [-0.2, -0.15) is 9.98 Å². The molecule has 6 nitrogen and oxygen atoms in total. The van der Waals surface area contributed by atoms with E-state index in [0.29, 0.717) is 29.3 Å². The van der Waals surface area contributed by atoms with Crippen molar-refractivity contribution in [1.29, 1.82) is 0 Å². The minimum Gasteiger partial charge on any atom is -0.497 e. The zero-order valence-electron chi connectivity index (χ0n) is 12.7. The van der Waals surface area contributed by atoms with Crippen LogP contribution in [0.1, 0.15) is 11.1 Å². The lowest BCUT2D eigenvalue weighted by Gasteiger charge is -2.10. The maximum Gasteiger partial charge on any atom is 0.240 e. The molecule has 2 aromatic rings. The first-order chi connectivity index (χ1) is 11.2. The molecular weight excluding hydrogens is 296 g/mol. The van der Waals surface area contributed by atoms with E-state index in [1.807, 2.05) is 6.07 Å². The Morgan fingerprint density at radius 2 is 1.61 bits per heavy atom. The summed E-state index contributed by atoms with van der Waals surface area (Å²) in [6.07, 6.45) is 3.54. The van der Waals surface area contributed by atoms with Gasteiger partial charge in [0, 0.05) is 0 Å². The van der Waals surface area contributed by atoms with Crippen LogP contribution in [0.4, 0.5) is 11.4 Å². The predicted molar refractivity (Wildman–Crippen MR) is 84.4 cm³/mol. The van der Waals surface area contributed by atoms with E-state index in [1.165, 1.54) is 13.2 Å². The molecule has 0 spiro atoms. The molecule has 0 saturated carbocycles. The minimum absolute atomic E-state index is 0.406. The fourth-order valence-electron chi connectivity index (χ4n) is 2.18. The summed E-state index contributed by atoms with van der Waals surface area (Å²) >= 11 is 0. The SMILES string of the molecule is COc1ccc(N=C=O)c(Cc2ccc(N=C=O)c(OC)c2)c1. The Hall–Kier alpha value is -3.20. The van der Waals surface area contributed by atoms with E-state index < -0.39 is 0 Å². The van der Waals surface area contributed by atoms with Crippen LogP contribution in [0.25, 0.3) is 0 Å². The Morgan fingerprint density at radius 3 is 2.26 bits per heavy atom. The van der Waals surface area contributed by atoms with E-state index in [2.05, 4.69) is 9.98 Å². The van der Waals surface area contributed by atoms with Crippen LogP contribution in [0.5, 0.6) is 11.5 Å². The molecule has 0 aliphatic heterocycles. The van der Waals surface area contributed by atoms with Gasteiger partial charge in [0.15, 0.2) is 0 Å². The molecule has 0 N–H and O–H groups in total. The molecular formula is C17H14N2O4. The molecule has 116 valence electrons. The Labute approximate surface area is 133 Å². The molecule has 23 heavy (non-hydrogen) atoms. The molecule has 0 heterocycles. The van der Waals surface area contributed by atoms with Gasteiger partial charge >= 0.3 is 0 Å². The van der Waals surface area contributed by atoms with E-state index in [1.54, 1.807) is 43.5 Å². The highest BCUT2D eigenvalue weighted by atomic mass is 16.5. The lowest BCUT2D eigenvalue weighted by atomic mass is 10.0. The third-order valence-electron chi connectivity index (χ3n) is 3.26. The van der Waals surface area contributed by atoms with Gasteiger partial charge in [-0.3, -0.25) is 0 Å². The van der Waals surface area contributed by atoms with Gasteiger partial charge in [-0.05, 0) is 47.9 Å². The molecule has 0 fully saturated rings. The highest BCUT2D eigenvalue weighted by Crippen LogP contribution is 2.31. The summed E-state index contributed by atoms with van der Waals surface area (Å²) in [5.41, 5.74) is 2.64. The number of carbonyl (C=O) groups excluding carboxylic acids is 2. The van der Waals surface area contributed by atoms with Gasteiger partial charge in [0.1, 0.15) is 17.2 Å². The average molecular weight is 310 g/mol. The normalized spacial score (nSPS) is 9.48. The number of isocyanates is 2. The summed E-state index contributed by atoms with van der Waals surface area (Å²) in [7, 11) is 3.06. The molecule has 0 unspecified atom stereocenters. The number of rotatable bonds is 6. The van der Waals surface area contributed by atoms with Gasteiger partial charge in [0.25, 0.3) is 0 Å². The van der Waals surface area contributed by atoms with Crippen LogP contribution in [-0.2, 0) is 16.0 Å².